The van der Waals surface area contributed by atoms with E-state index in [1.807, 2.05) is 18.0 Å². The van der Waals surface area contributed by atoms with E-state index in [9.17, 15) is 13.2 Å². The summed E-state index contributed by atoms with van der Waals surface area (Å²) in [6.45, 7) is 4.55. The standard InChI is InChI=1S/C30H33F3N6OS3/c1-37-8-10-42-25-13-24(43-27(25)28(37)41)26-22(30(31,32)33)14-34-29(36-26)35-23-6-5-18(12-21(23)17-3-4-17)39-16-19-11-20(39)15-38(19)7-9-40-2/h5-6,12-14,17,19-20H,3-4,7-11,15-16H2,1-2H3,(H,34,35,36). The van der Waals surface area contributed by atoms with Crippen molar-refractivity contribution in [2.75, 3.05) is 62.9 Å². The number of rotatable bonds is 8. The summed E-state index contributed by atoms with van der Waals surface area (Å²) in [5.41, 5.74) is 2.27. The van der Waals surface area contributed by atoms with E-state index in [-0.39, 0.29) is 11.6 Å². The molecule has 5 heterocycles. The Hall–Kier alpha value is -2.45. The van der Waals surface area contributed by atoms with Crippen molar-refractivity contribution in [3.05, 3.63) is 46.5 Å². The van der Waals surface area contributed by atoms with Crippen molar-refractivity contribution in [2.45, 2.75) is 48.3 Å². The molecule has 7 rings (SSSR count). The molecule has 0 spiro atoms. The fourth-order valence-corrected chi connectivity index (χ4v) is 9.23. The van der Waals surface area contributed by atoms with Gasteiger partial charge in [-0.05, 0) is 55.0 Å². The molecule has 0 amide bonds. The van der Waals surface area contributed by atoms with Gasteiger partial charge in [-0.1, -0.05) is 12.2 Å². The first-order valence-electron chi connectivity index (χ1n) is 14.6. The van der Waals surface area contributed by atoms with Crippen molar-refractivity contribution >= 4 is 57.6 Å². The van der Waals surface area contributed by atoms with Gasteiger partial charge in [0.15, 0.2) is 0 Å². The molecule has 0 radical (unpaired) electrons. The molecule has 1 aliphatic carbocycles. The molecular formula is C30H33F3N6OS3. The van der Waals surface area contributed by atoms with Crippen molar-refractivity contribution in [2.24, 2.45) is 0 Å². The normalized spacial score (nSPS) is 22.3. The molecule has 4 aliphatic rings. The van der Waals surface area contributed by atoms with E-state index in [2.05, 4.69) is 37.2 Å². The number of methoxy groups -OCH3 is 1. The zero-order chi connectivity index (χ0) is 29.9. The van der Waals surface area contributed by atoms with Gasteiger partial charge in [-0.3, -0.25) is 4.90 Å². The molecule has 13 heteroatoms. The van der Waals surface area contributed by atoms with Gasteiger partial charge in [0.2, 0.25) is 5.95 Å². The largest absolute Gasteiger partial charge is 0.420 e. The molecule has 228 valence electrons. The first-order valence-corrected chi connectivity index (χ1v) is 16.8. The third kappa shape index (κ3) is 5.74. The van der Waals surface area contributed by atoms with Gasteiger partial charge in [0.1, 0.15) is 10.6 Å². The van der Waals surface area contributed by atoms with Gasteiger partial charge in [0.05, 0.1) is 22.1 Å². The molecule has 3 fully saturated rings. The molecule has 1 aromatic carbocycles. The van der Waals surface area contributed by atoms with Gasteiger partial charge in [0.25, 0.3) is 0 Å². The highest BCUT2D eigenvalue weighted by Gasteiger charge is 2.43. The van der Waals surface area contributed by atoms with Crippen LogP contribution in [0.15, 0.2) is 35.4 Å². The molecule has 3 aromatic rings. The van der Waals surface area contributed by atoms with E-state index in [1.165, 1.54) is 22.6 Å². The second kappa shape index (κ2) is 11.5. The molecule has 2 unspecified atom stereocenters. The molecule has 3 aliphatic heterocycles. The predicted octanol–water partition coefficient (Wildman–Crippen LogP) is 6.47. The summed E-state index contributed by atoms with van der Waals surface area (Å²) in [6, 6.07) is 9.24. The van der Waals surface area contributed by atoms with E-state index in [0.29, 0.717) is 27.9 Å². The minimum absolute atomic E-state index is 0.121. The fourth-order valence-electron chi connectivity index (χ4n) is 6.40. The molecule has 1 N–H and O–H groups in total. The minimum Gasteiger partial charge on any atom is -0.383 e. The van der Waals surface area contributed by atoms with Gasteiger partial charge in [-0.15, -0.1) is 23.1 Å². The predicted molar refractivity (Wildman–Crippen MR) is 170 cm³/mol. The summed E-state index contributed by atoms with van der Waals surface area (Å²) in [5.74, 6) is 1.40. The number of benzene rings is 1. The number of nitrogens with zero attached hydrogens (tertiary/aromatic N) is 5. The maximum absolute atomic E-state index is 14.2. The highest BCUT2D eigenvalue weighted by atomic mass is 32.2. The highest BCUT2D eigenvalue weighted by molar-refractivity contribution is 7.99. The lowest BCUT2D eigenvalue weighted by molar-refractivity contribution is -0.137. The van der Waals surface area contributed by atoms with Crippen LogP contribution in [0, 0.1) is 0 Å². The smallest absolute Gasteiger partial charge is 0.383 e. The lowest BCUT2D eigenvalue weighted by Gasteiger charge is -2.35. The van der Waals surface area contributed by atoms with Gasteiger partial charge in [-0.2, -0.15) is 13.2 Å². The third-order valence-corrected chi connectivity index (χ3v) is 11.8. The number of hydrogen-bond donors (Lipinski definition) is 1. The van der Waals surface area contributed by atoms with Crippen LogP contribution in [0.4, 0.5) is 30.5 Å². The number of halogens is 3. The molecule has 2 saturated heterocycles. The number of likely N-dealkylation sites (tertiary alicyclic amines) is 1. The zero-order valence-corrected chi connectivity index (χ0v) is 26.4. The van der Waals surface area contributed by atoms with Crippen molar-refractivity contribution in [1.82, 2.24) is 19.8 Å². The number of fused-ring (bicyclic) bond motifs is 3. The van der Waals surface area contributed by atoms with E-state index in [1.54, 1.807) is 24.9 Å². The summed E-state index contributed by atoms with van der Waals surface area (Å²) in [7, 11) is 3.66. The number of piperazine rings is 1. The summed E-state index contributed by atoms with van der Waals surface area (Å²) in [6.07, 6.45) is -0.332. The Morgan fingerprint density at radius 1 is 1.16 bits per heavy atom. The van der Waals surface area contributed by atoms with E-state index in [0.717, 1.165) is 79.5 Å². The summed E-state index contributed by atoms with van der Waals surface area (Å²) in [4.78, 5) is 18.4. The number of ether oxygens (including phenoxy) is 1. The molecule has 7 nitrogen and oxygen atoms in total. The van der Waals surface area contributed by atoms with Crippen LogP contribution in [-0.2, 0) is 10.9 Å². The average molecular weight is 647 g/mol. The van der Waals surface area contributed by atoms with Crippen LogP contribution in [0.25, 0.3) is 10.6 Å². The molecule has 1 saturated carbocycles. The van der Waals surface area contributed by atoms with Crippen molar-refractivity contribution < 1.29 is 17.9 Å². The number of aromatic nitrogens is 2. The Bertz CT molecular complexity index is 1540. The van der Waals surface area contributed by atoms with Gasteiger partial charge >= 0.3 is 6.18 Å². The molecule has 43 heavy (non-hydrogen) atoms. The number of thiophene rings is 1. The third-order valence-electron chi connectivity index (χ3n) is 8.82. The van der Waals surface area contributed by atoms with Crippen molar-refractivity contribution in [3.63, 3.8) is 0 Å². The lowest BCUT2D eigenvalue weighted by atomic mass is 10.1. The van der Waals surface area contributed by atoms with Crippen LogP contribution in [0.3, 0.4) is 0 Å². The minimum atomic E-state index is -4.59. The first-order chi connectivity index (χ1) is 20.7. The molecular weight excluding hydrogens is 614 g/mol. The second-order valence-corrected chi connectivity index (χ2v) is 14.3. The number of anilines is 3. The van der Waals surface area contributed by atoms with Crippen molar-refractivity contribution in [3.8, 4) is 10.6 Å². The monoisotopic (exact) mass is 646 g/mol. The van der Waals surface area contributed by atoms with Crippen LogP contribution >= 0.6 is 35.3 Å². The fraction of sp³-hybridized carbons (Fsp3) is 0.500. The van der Waals surface area contributed by atoms with Crippen LogP contribution in [0.5, 0.6) is 0 Å². The molecule has 2 atom stereocenters. The summed E-state index contributed by atoms with van der Waals surface area (Å²) in [5, 5.41) is 3.29. The Kier molecular flexibility index (Phi) is 7.82. The quantitative estimate of drug-likeness (QED) is 0.278. The van der Waals surface area contributed by atoms with Crippen LogP contribution in [0.1, 0.15) is 41.2 Å². The second-order valence-electron chi connectivity index (χ2n) is 11.7. The number of nitrogens with one attached hydrogen (secondary N) is 1. The van der Waals surface area contributed by atoms with Crippen LogP contribution < -0.4 is 10.2 Å². The Morgan fingerprint density at radius 3 is 2.72 bits per heavy atom. The summed E-state index contributed by atoms with van der Waals surface area (Å²) >= 11 is 8.51. The molecule has 2 aromatic heterocycles. The van der Waals surface area contributed by atoms with Crippen LogP contribution in [0.2, 0.25) is 0 Å². The number of hydrogen-bond acceptors (Lipinski definition) is 9. The Labute approximate surface area is 262 Å². The first kappa shape index (κ1) is 29.3. The van der Waals surface area contributed by atoms with Gasteiger partial charge < -0.3 is 19.9 Å². The van der Waals surface area contributed by atoms with Gasteiger partial charge in [0, 0.05) is 80.6 Å². The number of alkyl halides is 3. The molecule has 2 bridgehead atoms. The average Bonchev–Trinajstić information content (AvgIpc) is 3.48. The SMILES string of the molecule is COCCN1CC2CC1CN2c1ccc(Nc2ncc(C(F)(F)F)c(-c3cc4c(s3)C(=S)N(C)CCS4)n2)c(C2CC2)c1. The Balaban J connectivity index is 1.17. The van der Waals surface area contributed by atoms with Gasteiger partial charge in [-0.25, -0.2) is 9.97 Å². The van der Waals surface area contributed by atoms with Crippen molar-refractivity contribution in [1.29, 1.82) is 0 Å². The number of thioether (sulfide) groups is 1. The highest BCUT2D eigenvalue weighted by Crippen LogP contribution is 2.47. The topological polar surface area (TPSA) is 56.8 Å². The summed E-state index contributed by atoms with van der Waals surface area (Å²) < 4.78 is 47.7. The zero-order valence-electron chi connectivity index (χ0n) is 24.0. The number of thiocarbonyl (C=S) groups is 1. The Morgan fingerprint density at radius 2 is 2.00 bits per heavy atom. The lowest BCUT2D eigenvalue weighted by Crippen LogP contribution is -2.47. The van der Waals surface area contributed by atoms with E-state index in [4.69, 9.17) is 17.0 Å². The maximum Gasteiger partial charge on any atom is 0.420 e. The van der Waals surface area contributed by atoms with E-state index >= 15 is 0 Å². The maximum atomic E-state index is 14.2. The van der Waals surface area contributed by atoms with Crippen LogP contribution in [-0.4, -0.2) is 89.5 Å². The van der Waals surface area contributed by atoms with E-state index < -0.39 is 11.7 Å².